The molecule has 2 N–H and O–H groups in total. The van der Waals surface area contributed by atoms with E-state index in [1.165, 1.54) is 10.7 Å². The molecule has 2 rings (SSSR count). The predicted octanol–water partition coefficient (Wildman–Crippen LogP) is 3.05. The number of nitrogens with one attached hydrogen (secondary N) is 2. The minimum atomic E-state index is 0.284. The van der Waals surface area contributed by atoms with Crippen LogP contribution in [-0.2, 0) is 0 Å². The number of methoxy groups -OCH3 is 1. The van der Waals surface area contributed by atoms with Crippen molar-refractivity contribution >= 4 is 40.2 Å². The van der Waals surface area contributed by atoms with E-state index >= 15 is 0 Å². The molecule has 20 heavy (non-hydrogen) atoms. The molecule has 0 atom stereocenters. The Morgan fingerprint density at radius 2 is 1.80 bits per heavy atom. The molecular weight excluding hydrogens is 369 g/mol. The molecule has 0 saturated heterocycles. The van der Waals surface area contributed by atoms with Crippen LogP contribution in [0, 0.1) is 3.57 Å². The van der Waals surface area contributed by atoms with Crippen LogP contribution >= 0.6 is 22.6 Å². The summed E-state index contributed by atoms with van der Waals surface area (Å²) in [4.78, 5) is 12.6. The molecule has 0 aliphatic carbocycles. The Morgan fingerprint density at radius 3 is 2.45 bits per heavy atom. The minimum Gasteiger partial charge on any atom is -0.467 e. The summed E-state index contributed by atoms with van der Waals surface area (Å²) in [5.41, 5.74) is 0.917. The minimum absolute atomic E-state index is 0.284. The van der Waals surface area contributed by atoms with Crippen molar-refractivity contribution in [1.82, 2.24) is 15.0 Å². The molecule has 0 aliphatic heterocycles. The maximum Gasteiger partial charge on any atom is 0.322 e. The highest BCUT2D eigenvalue weighted by Gasteiger charge is 2.06. The summed E-state index contributed by atoms with van der Waals surface area (Å²) in [5, 5.41) is 6.26. The number of nitrogens with zero attached hydrogens (tertiary/aromatic N) is 3. The highest BCUT2D eigenvalue weighted by molar-refractivity contribution is 14.1. The molecule has 1 heterocycles. The second-order valence-corrected chi connectivity index (χ2v) is 5.27. The van der Waals surface area contributed by atoms with E-state index in [-0.39, 0.29) is 6.01 Å². The lowest BCUT2D eigenvalue weighted by Gasteiger charge is -2.09. The number of ether oxygens (including phenoxy) is 1. The number of benzene rings is 1. The highest BCUT2D eigenvalue weighted by atomic mass is 127. The van der Waals surface area contributed by atoms with Crippen LogP contribution in [0.4, 0.5) is 17.6 Å². The molecule has 6 nitrogen and oxygen atoms in total. The van der Waals surface area contributed by atoms with Crippen molar-refractivity contribution in [2.45, 2.75) is 13.3 Å². The van der Waals surface area contributed by atoms with E-state index in [9.17, 15) is 0 Å². The normalized spacial score (nSPS) is 10.2. The largest absolute Gasteiger partial charge is 0.467 e. The average molecular weight is 385 g/mol. The topological polar surface area (TPSA) is 72.0 Å². The average Bonchev–Trinajstić information content (AvgIpc) is 2.47. The summed E-state index contributed by atoms with van der Waals surface area (Å²) in [6, 6.07) is 8.25. The van der Waals surface area contributed by atoms with Gasteiger partial charge in [-0.1, -0.05) is 6.92 Å². The number of hydrogen-bond donors (Lipinski definition) is 2. The van der Waals surface area contributed by atoms with Crippen LogP contribution in [0.25, 0.3) is 0 Å². The van der Waals surface area contributed by atoms with Gasteiger partial charge in [0, 0.05) is 15.8 Å². The van der Waals surface area contributed by atoms with Crippen LogP contribution < -0.4 is 15.4 Å². The first kappa shape index (κ1) is 14.8. The summed E-state index contributed by atoms with van der Waals surface area (Å²) in [7, 11) is 1.54. The molecule has 0 spiro atoms. The molecule has 0 bridgehead atoms. The van der Waals surface area contributed by atoms with Crippen molar-refractivity contribution in [2.75, 3.05) is 24.3 Å². The third-order valence-electron chi connectivity index (χ3n) is 2.43. The Kier molecular flexibility index (Phi) is 5.33. The van der Waals surface area contributed by atoms with Gasteiger partial charge in [-0.2, -0.15) is 15.0 Å². The van der Waals surface area contributed by atoms with Crippen molar-refractivity contribution < 1.29 is 4.74 Å². The fourth-order valence-electron chi connectivity index (χ4n) is 1.48. The Morgan fingerprint density at radius 1 is 1.10 bits per heavy atom. The lowest BCUT2D eigenvalue weighted by atomic mass is 10.3. The van der Waals surface area contributed by atoms with Crippen molar-refractivity contribution in [3.8, 4) is 6.01 Å². The zero-order valence-electron chi connectivity index (χ0n) is 11.4. The summed E-state index contributed by atoms with van der Waals surface area (Å²) >= 11 is 2.26. The molecule has 7 heteroatoms. The molecule has 0 radical (unpaired) electrons. The highest BCUT2D eigenvalue weighted by Crippen LogP contribution is 2.17. The summed E-state index contributed by atoms with van der Waals surface area (Å²) in [5.74, 6) is 0.961. The molecule has 2 aromatic rings. The first-order valence-electron chi connectivity index (χ1n) is 6.28. The van der Waals surface area contributed by atoms with Gasteiger partial charge in [-0.05, 0) is 53.3 Å². The van der Waals surface area contributed by atoms with E-state index in [0.717, 1.165) is 18.7 Å². The number of halogens is 1. The van der Waals surface area contributed by atoms with Gasteiger partial charge in [0.1, 0.15) is 0 Å². The SMILES string of the molecule is CCCNc1nc(Nc2ccc(I)cc2)nc(OC)n1. The number of aromatic nitrogens is 3. The van der Waals surface area contributed by atoms with Crippen molar-refractivity contribution in [3.05, 3.63) is 27.8 Å². The van der Waals surface area contributed by atoms with E-state index in [2.05, 4.69) is 55.1 Å². The van der Waals surface area contributed by atoms with Gasteiger partial charge in [-0.25, -0.2) is 0 Å². The van der Waals surface area contributed by atoms with Crippen LogP contribution in [0.2, 0.25) is 0 Å². The maximum atomic E-state index is 5.09. The monoisotopic (exact) mass is 385 g/mol. The van der Waals surface area contributed by atoms with E-state index < -0.39 is 0 Å². The van der Waals surface area contributed by atoms with Crippen molar-refractivity contribution in [2.24, 2.45) is 0 Å². The lowest BCUT2D eigenvalue weighted by molar-refractivity contribution is 0.379. The third kappa shape index (κ3) is 4.19. The van der Waals surface area contributed by atoms with Crippen LogP contribution in [0.15, 0.2) is 24.3 Å². The van der Waals surface area contributed by atoms with Gasteiger partial charge in [0.15, 0.2) is 0 Å². The van der Waals surface area contributed by atoms with E-state index in [1.54, 1.807) is 0 Å². The lowest BCUT2D eigenvalue weighted by Crippen LogP contribution is -2.08. The maximum absolute atomic E-state index is 5.09. The van der Waals surface area contributed by atoms with Gasteiger partial charge in [0.25, 0.3) is 0 Å². The molecule has 0 amide bonds. The van der Waals surface area contributed by atoms with Gasteiger partial charge in [-0.15, -0.1) is 0 Å². The van der Waals surface area contributed by atoms with Gasteiger partial charge in [0.2, 0.25) is 11.9 Å². The summed E-state index contributed by atoms with van der Waals surface area (Å²) < 4.78 is 6.26. The Hall–Kier alpha value is -1.64. The number of hydrogen-bond acceptors (Lipinski definition) is 6. The zero-order chi connectivity index (χ0) is 14.4. The number of rotatable bonds is 6. The standard InChI is InChI=1S/C13H16IN5O/c1-3-8-15-11-17-12(19-13(18-11)20-2)16-10-6-4-9(14)5-7-10/h4-7H,3,8H2,1-2H3,(H2,15,16,17,18,19). The quantitative estimate of drug-likeness (QED) is 0.745. The van der Waals surface area contributed by atoms with Crippen molar-refractivity contribution in [1.29, 1.82) is 0 Å². The predicted molar refractivity (Wildman–Crippen MR) is 87.6 cm³/mol. The first-order valence-corrected chi connectivity index (χ1v) is 7.35. The second kappa shape index (κ2) is 7.22. The first-order chi connectivity index (χ1) is 9.71. The van der Waals surface area contributed by atoms with Crippen LogP contribution in [0.3, 0.4) is 0 Å². The van der Waals surface area contributed by atoms with Crippen LogP contribution in [-0.4, -0.2) is 28.6 Å². The zero-order valence-corrected chi connectivity index (χ0v) is 13.5. The smallest absolute Gasteiger partial charge is 0.322 e. The van der Waals surface area contributed by atoms with Crippen molar-refractivity contribution in [3.63, 3.8) is 0 Å². The molecule has 0 saturated carbocycles. The molecular formula is C13H16IN5O. The number of anilines is 3. The van der Waals surface area contributed by atoms with E-state index in [1.807, 2.05) is 24.3 Å². The molecule has 1 aromatic heterocycles. The van der Waals surface area contributed by atoms with Crippen LogP contribution in [0.5, 0.6) is 6.01 Å². The fourth-order valence-corrected chi connectivity index (χ4v) is 1.84. The summed E-state index contributed by atoms with van der Waals surface area (Å²) in [6.45, 7) is 2.88. The molecule has 0 aliphatic rings. The Bertz CT molecular complexity index is 561. The summed E-state index contributed by atoms with van der Waals surface area (Å²) in [6.07, 6.45) is 0.994. The second-order valence-electron chi connectivity index (χ2n) is 4.03. The Labute approximate surface area is 131 Å². The van der Waals surface area contributed by atoms with Gasteiger partial charge < -0.3 is 15.4 Å². The molecule has 1 aromatic carbocycles. The van der Waals surface area contributed by atoms with Crippen LogP contribution in [0.1, 0.15) is 13.3 Å². The Balaban J connectivity index is 2.19. The fraction of sp³-hybridized carbons (Fsp3) is 0.308. The van der Waals surface area contributed by atoms with Gasteiger partial charge in [0.05, 0.1) is 7.11 Å². The molecule has 0 fully saturated rings. The molecule has 106 valence electrons. The third-order valence-corrected chi connectivity index (χ3v) is 3.15. The molecule has 0 unspecified atom stereocenters. The van der Waals surface area contributed by atoms with Gasteiger partial charge >= 0.3 is 6.01 Å². The van der Waals surface area contributed by atoms with E-state index in [4.69, 9.17) is 4.74 Å². The van der Waals surface area contributed by atoms with Gasteiger partial charge in [-0.3, -0.25) is 0 Å². The van der Waals surface area contributed by atoms with E-state index in [0.29, 0.717) is 11.9 Å².